The number of halogens is 1. The van der Waals surface area contributed by atoms with Crippen LogP contribution in [0.2, 0.25) is 0 Å². The largest absolute Gasteiger partial charge is 0.486 e. The van der Waals surface area contributed by atoms with Crippen LogP contribution in [0.15, 0.2) is 53.2 Å². The maximum absolute atomic E-state index is 5.79. The lowest BCUT2D eigenvalue weighted by molar-refractivity contribution is 0.298. The van der Waals surface area contributed by atoms with Crippen molar-refractivity contribution < 1.29 is 9.15 Å². The third kappa shape index (κ3) is 3.28. The average molecular weight is 315 g/mol. The molecule has 0 saturated heterocycles. The lowest BCUT2D eigenvalue weighted by Crippen LogP contribution is -1.98. The van der Waals surface area contributed by atoms with Gasteiger partial charge in [0.05, 0.1) is 6.20 Å². The zero-order valence-electron chi connectivity index (χ0n) is 12.1. The van der Waals surface area contributed by atoms with Gasteiger partial charge in [-0.05, 0) is 30.7 Å². The van der Waals surface area contributed by atoms with E-state index in [1.165, 1.54) is 0 Å². The fourth-order valence-corrected chi connectivity index (χ4v) is 2.18. The van der Waals surface area contributed by atoms with Crippen LogP contribution in [0.25, 0.3) is 11.5 Å². The quantitative estimate of drug-likeness (QED) is 0.656. The second kappa shape index (κ2) is 6.62. The molecule has 0 aliphatic rings. The van der Waals surface area contributed by atoms with Crippen molar-refractivity contribution in [2.45, 2.75) is 19.4 Å². The van der Waals surface area contributed by atoms with Gasteiger partial charge in [0.25, 0.3) is 0 Å². The van der Waals surface area contributed by atoms with Crippen molar-refractivity contribution in [2.24, 2.45) is 0 Å². The van der Waals surface area contributed by atoms with Crippen LogP contribution in [0.5, 0.6) is 5.75 Å². The van der Waals surface area contributed by atoms with E-state index >= 15 is 0 Å². The summed E-state index contributed by atoms with van der Waals surface area (Å²) in [6.45, 7) is 2.21. The predicted molar refractivity (Wildman–Crippen MR) is 84.8 cm³/mol. The molecular formula is C17H15ClN2O2. The van der Waals surface area contributed by atoms with Gasteiger partial charge in [-0.1, -0.05) is 18.2 Å². The normalized spacial score (nSPS) is 10.6. The van der Waals surface area contributed by atoms with Gasteiger partial charge in [0.2, 0.25) is 5.89 Å². The van der Waals surface area contributed by atoms with E-state index in [1.54, 1.807) is 12.4 Å². The minimum Gasteiger partial charge on any atom is -0.486 e. The highest BCUT2D eigenvalue weighted by atomic mass is 35.5. The predicted octanol–water partition coefficient (Wildman–Crippen LogP) is 4.36. The molecule has 1 aromatic carbocycles. The second-order valence-electron chi connectivity index (χ2n) is 4.84. The molecule has 0 bridgehead atoms. The Morgan fingerprint density at radius 2 is 2.00 bits per heavy atom. The summed E-state index contributed by atoms with van der Waals surface area (Å²) in [5.41, 5.74) is 2.64. The summed E-state index contributed by atoms with van der Waals surface area (Å²) in [5.74, 6) is 2.43. The van der Waals surface area contributed by atoms with Crippen LogP contribution >= 0.6 is 11.6 Å². The summed E-state index contributed by atoms with van der Waals surface area (Å²) in [6.07, 6.45) is 3.37. The fourth-order valence-electron chi connectivity index (χ4n) is 2.03. The maximum atomic E-state index is 5.79. The number of rotatable bonds is 5. The van der Waals surface area contributed by atoms with Crippen molar-refractivity contribution >= 4 is 11.6 Å². The number of aryl methyl sites for hydroxylation is 1. The topological polar surface area (TPSA) is 48.2 Å². The molecule has 0 N–H and O–H groups in total. The van der Waals surface area contributed by atoms with Gasteiger partial charge in [0, 0.05) is 17.6 Å². The van der Waals surface area contributed by atoms with Crippen LogP contribution in [-0.2, 0) is 12.5 Å². The van der Waals surface area contributed by atoms with E-state index in [4.69, 9.17) is 20.8 Å². The Hall–Kier alpha value is -2.33. The Labute approximate surface area is 133 Å². The molecule has 0 aliphatic carbocycles. The molecule has 112 valence electrons. The molecule has 2 heterocycles. The first-order valence-corrected chi connectivity index (χ1v) is 7.44. The lowest BCUT2D eigenvalue weighted by atomic mass is 10.2. The highest BCUT2D eigenvalue weighted by molar-refractivity contribution is 6.17. The van der Waals surface area contributed by atoms with E-state index in [0.717, 1.165) is 22.6 Å². The highest BCUT2D eigenvalue weighted by Crippen LogP contribution is 2.22. The van der Waals surface area contributed by atoms with Gasteiger partial charge in [-0.3, -0.25) is 4.98 Å². The summed E-state index contributed by atoms with van der Waals surface area (Å²) in [7, 11) is 0. The number of pyridine rings is 1. The minimum absolute atomic E-state index is 0.329. The second-order valence-corrected chi connectivity index (χ2v) is 5.11. The first kappa shape index (κ1) is 14.6. The van der Waals surface area contributed by atoms with Crippen LogP contribution in [0, 0.1) is 6.92 Å². The lowest BCUT2D eigenvalue weighted by Gasteiger charge is -2.04. The third-order valence-electron chi connectivity index (χ3n) is 3.21. The van der Waals surface area contributed by atoms with Crippen molar-refractivity contribution in [3.05, 3.63) is 65.8 Å². The van der Waals surface area contributed by atoms with E-state index in [-0.39, 0.29) is 0 Å². The van der Waals surface area contributed by atoms with Crippen LogP contribution in [0.4, 0.5) is 0 Å². The van der Waals surface area contributed by atoms with Crippen LogP contribution in [0.1, 0.15) is 17.0 Å². The summed E-state index contributed by atoms with van der Waals surface area (Å²) >= 11 is 5.79. The zero-order valence-corrected chi connectivity index (χ0v) is 12.9. The van der Waals surface area contributed by atoms with E-state index in [0.29, 0.717) is 24.1 Å². The Kier molecular flexibility index (Phi) is 4.39. The Morgan fingerprint density at radius 3 is 2.77 bits per heavy atom. The summed E-state index contributed by atoms with van der Waals surface area (Å²) < 4.78 is 11.4. The van der Waals surface area contributed by atoms with Gasteiger partial charge in [0.1, 0.15) is 23.8 Å². The number of hydrogen-bond acceptors (Lipinski definition) is 4. The molecule has 0 radical (unpaired) electrons. The highest BCUT2D eigenvalue weighted by Gasteiger charge is 2.12. The molecule has 0 aliphatic heterocycles. The van der Waals surface area contributed by atoms with Gasteiger partial charge in [-0.15, -0.1) is 11.6 Å². The number of alkyl halides is 1. The molecular weight excluding hydrogens is 300 g/mol. The molecule has 0 fully saturated rings. The molecule has 22 heavy (non-hydrogen) atoms. The van der Waals surface area contributed by atoms with Crippen molar-refractivity contribution in [2.75, 3.05) is 0 Å². The first-order valence-electron chi connectivity index (χ1n) is 6.90. The summed E-state index contributed by atoms with van der Waals surface area (Å²) in [5, 5.41) is 0. The molecule has 0 amide bonds. The van der Waals surface area contributed by atoms with Gasteiger partial charge in [0.15, 0.2) is 0 Å². The van der Waals surface area contributed by atoms with Crippen molar-refractivity contribution in [1.29, 1.82) is 0 Å². The monoisotopic (exact) mass is 314 g/mol. The molecule has 0 spiro atoms. The number of aromatic nitrogens is 2. The maximum Gasteiger partial charge on any atom is 0.226 e. The van der Waals surface area contributed by atoms with Gasteiger partial charge >= 0.3 is 0 Å². The molecule has 3 aromatic rings. The van der Waals surface area contributed by atoms with Crippen LogP contribution < -0.4 is 4.74 Å². The van der Waals surface area contributed by atoms with E-state index < -0.39 is 0 Å². The smallest absolute Gasteiger partial charge is 0.226 e. The third-order valence-corrected chi connectivity index (χ3v) is 3.52. The number of nitrogens with zero attached hydrogens (tertiary/aromatic N) is 2. The SMILES string of the molecule is Cc1oc(-c2ccccc2)nc1COc1cncc(CCl)c1. The van der Waals surface area contributed by atoms with Crippen molar-refractivity contribution in [3.63, 3.8) is 0 Å². The number of hydrogen-bond donors (Lipinski definition) is 0. The van der Waals surface area contributed by atoms with E-state index in [1.807, 2.05) is 43.3 Å². The first-order chi connectivity index (χ1) is 10.8. The van der Waals surface area contributed by atoms with Crippen LogP contribution in [-0.4, -0.2) is 9.97 Å². The zero-order chi connectivity index (χ0) is 15.4. The molecule has 0 unspecified atom stereocenters. The van der Waals surface area contributed by atoms with E-state index in [2.05, 4.69) is 9.97 Å². The molecule has 5 heteroatoms. The summed E-state index contributed by atoms with van der Waals surface area (Å²) in [6, 6.07) is 11.7. The summed E-state index contributed by atoms with van der Waals surface area (Å²) in [4.78, 5) is 8.59. The molecule has 3 rings (SSSR count). The molecule has 2 aromatic heterocycles. The van der Waals surface area contributed by atoms with E-state index in [9.17, 15) is 0 Å². The average Bonchev–Trinajstić information content (AvgIpc) is 2.95. The Bertz CT molecular complexity index is 756. The Balaban J connectivity index is 1.74. The standard InChI is InChI=1S/C17H15ClN2O2/c1-12-16(11-21-15-7-13(8-18)9-19-10-15)20-17(22-12)14-5-3-2-4-6-14/h2-7,9-10H,8,11H2,1H3. The molecule has 4 nitrogen and oxygen atoms in total. The molecule has 0 saturated carbocycles. The van der Waals surface area contributed by atoms with Gasteiger partial charge < -0.3 is 9.15 Å². The van der Waals surface area contributed by atoms with Crippen molar-refractivity contribution in [1.82, 2.24) is 9.97 Å². The Morgan fingerprint density at radius 1 is 1.18 bits per heavy atom. The van der Waals surface area contributed by atoms with Gasteiger partial charge in [-0.2, -0.15) is 0 Å². The van der Waals surface area contributed by atoms with Crippen molar-refractivity contribution in [3.8, 4) is 17.2 Å². The molecule has 0 atom stereocenters. The van der Waals surface area contributed by atoms with Gasteiger partial charge in [-0.25, -0.2) is 4.98 Å². The number of oxazole rings is 1. The van der Waals surface area contributed by atoms with Crippen LogP contribution in [0.3, 0.4) is 0 Å². The number of ether oxygens (including phenoxy) is 1. The fraction of sp³-hybridized carbons (Fsp3) is 0.176. The number of benzene rings is 1. The minimum atomic E-state index is 0.329.